The molecule has 0 atom stereocenters. The van der Waals surface area contributed by atoms with Crippen molar-refractivity contribution in [1.29, 1.82) is 5.41 Å². The number of nitrogens with zero attached hydrogens (tertiary/aromatic N) is 3. The molecule has 0 aliphatic heterocycles. The number of aromatic nitrogens is 3. The Kier molecular flexibility index (Phi) is 0.957. The van der Waals surface area contributed by atoms with Crippen molar-refractivity contribution in [2.24, 2.45) is 0 Å². The zero-order valence-corrected chi connectivity index (χ0v) is 4.07. The molecular weight excluding hydrogens is 106 g/mol. The summed E-state index contributed by atoms with van der Waals surface area (Å²) in [6.45, 7) is 0. The van der Waals surface area contributed by atoms with Crippen molar-refractivity contribution >= 4 is 0 Å². The SMILES string of the molecule is N=c1cncnn1N. The van der Waals surface area contributed by atoms with Crippen LogP contribution in [0.2, 0.25) is 0 Å². The maximum atomic E-state index is 6.93. The van der Waals surface area contributed by atoms with E-state index in [9.17, 15) is 0 Å². The highest BCUT2D eigenvalue weighted by Gasteiger charge is 1.78. The van der Waals surface area contributed by atoms with Crippen LogP contribution in [0.4, 0.5) is 0 Å². The van der Waals surface area contributed by atoms with Crippen LogP contribution in [0.1, 0.15) is 0 Å². The van der Waals surface area contributed by atoms with Crippen molar-refractivity contribution < 1.29 is 0 Å². The van der Waals surface area contributed by atoms with Gasteiger partial charge in [0, 0.05) is 0 Å². The topological polar surface area (TPSA) is 80.6 Å². The molecule has 3 N–H and O–H groups in total. The van der Waals surface area contributed by atoms with Crippen LogP contribution in [0.25, 0.3) is 0 Å². The lowest BCUT2D eigenvalue weighted by Crippen LogP contribution is -2.29. The number of nitrogens with two attached hydrogens (primary N) is 1. The van der Waals surface area contributed by atoms with E-state index in [0.29, 0.717) is 0 Å². The summed E-state index contributed by atoms with van der Waals surface area (Å²) < 4.78 is 0. The van der Waals surface area contributed by atoms with Crippen LogP contribution >= 0.6 is 0 Å². The smallest absolute Gasteiger partial charge is 0.182 e. The van der Waals surface area contributed by atoms with E-state index in [1.807, 2.05) is 0 Å². The Hall–Kier alpha value is -1.39. The summed E-state index contributed by atoms with van der Waals surface area (Å²) in [7, 11) is 0. The molecule has 0 amide bonds. The van der Waals surface area contributed by atoms with Gasteiger partial charge in [0.1, 0.15) is 6.33 Å². The zero-order chi connectivity index (χ0) is 5.98. The highest BCUT2D eigenvalue weighted by molar-refractivity contribution is 4.63. The van der Waals surface area contributed by atoms with Crippen LogP contribution in [-0.2, 0) is 0 Å². The van der Waals surface area contributed by atoms with Crippen LogP contribution in [0.15, 0.2) is 12.5 Å². The third-order valence-electron chi connectivity index (χ3n) is 0.686. The van der Waals surface area contributed by atoms with Gasteiger partial charge < -0.3 is 5.84 Å². The summed E-state index contributed by atoms with van der Waals surface area (Å²) in [4.78, 5) is 4.48. The van der Waals surface area contributed by atoms with Gasteiger partial charge in [-0.25, -0.2) is 4.98 Å². The number of rotatable bonds is 0. The molecule has 1 rings (SSSR count). The molecule has 5 nitrogen and oxygen atoms in total. The minimum Gasteiger partial charge on any atom is -0.321 e. The Balaban J connectivity index is 3.35. The van der Waals surface area contributed by atoms with Crippen LogP contribution in [0.3, 0.4) is 0 Å². The van der Waals surface area contributed by atoms with Crippen molar-refractivity contribution in [3.05, 3.63) is 18.0 Å². The van der Waals surface area contributed by atoms with Gasteiger partial charge in [0.05, 0.1) is 6.20 Å². The van der Waals surface area contributed by atoms with Crippen LogP contribution in [0, 0.1) is 5.41 Å². The van der Waals surface area contributed by atoms with E-state index in [0.717, 1.165) is 4.79 Å². The molecule has 42 valence electrons. The molecule has 5 heteroatoms. The standard InChI is InChI=1S/C3H5N5/c4-3-1-6-2-7-8(3)5/h1-2,4H,5H2. The number of nitrogens with one attached hydrogen (secondary N) is 1. The zero-order valence-electron chi connectivity index (χ0n) is 4.07. The van der Waals surface area contributed by atoms with Crippen molar-refractivity contribution in [1.82, 2.24) is 14.9 Å². The molecule has 0 spiro atoms. The Labute approximate surface area is 45.3 Å². The number of hydrogen-bond acceptors (Lipinski definition) is 4. The molecule has 0 aliphatic carbocycles. The first kappa shape index (κ1) is 4.76. The van der Waals surface area contributed by atoms with E-state index in [4.69, 9.17) is 11.3 Å². The highest BCUT2D eigenvalue weighted by Crippen LogP contribution is 1.54. The Bertz CT molecular complexity index is 225. The van der Waals surface area contributed by atoms with Crippen molar-refractivity contribution in [3.8, 4) is 0 Å². The second-order valence-corrected chi connectivity index (χ2v) is 1.24. The fourth-order valence-corrected chi connectivity index (χ4v) is 0.311. The third kappa shape index (κ3) is 0.651. The summed E-state index contributed by atoms with van der Waals surface area (Å²) in [6, 6.07) is 0. The minimum absolute atomic E-state index is 0.0903. The highest BCUT2D eigenvalue weighted by atomic mass is 15.5. The predicted molar refractivity (Wildman–Crippen MR) is 26.0 cm³/mol. The molecule has 0 unspecified atom stereocenters. The van der Waals surface area contributed by atoms with E-state index in [1.54, 1.807) is 0 Å². The van der Waals surface area contributed by atoms with Gasteiger partial charge >= 0.3 is 0 Å². The lowest BCUT2D eigenvalue weighted by Gasteiger charge is -1.90. The average molecular weight is 111 g/mol. The molecule has 0 aliphatic rings. The molecule has 1 aromatic heterocycles. The Morgan fingerprint density at radius 1 is 1.75 bits per heavy atom. The second kappa shape index (κ2) is 1.61. The summed E-state index contributed by atoms with van der Waals surface area (Å²) in [5.74, 6) is 5.10. The van der Waals surface area contributed by atoms with Gasteiger partial charge in [-0.05, 0) is 0 Å². The largest absolute Gasteiger partial charge is 0.321 e. The third-order valence-corrected chi connectivity index (χ3v) is 0.686. The Morgan fingerprint density at radius 2 is 2.50 bits per heavy atom. The van der Waals surface area contributed by atoms with Gasteiger partial charge in [-0.15, -0.1) is 5.10 Å². The molecule has 0 radical (unpaired) electrons. The van der Waals surface area contributed by atoms with E-state index >= 15 is 0 Å². The molecule has 1 aromatic rings. The van der Waals surface area contributed by atoms with Crippen molar-refractivity contribution in [2.75, 3.05) is 5.84 Å². The van der Waals surface area contributed by atoms with Gasteiger partial charge in [-0.2, -0.15) is 4.79 Å². The monoisotopic (exact) mass is 111 g/mol. The van der Waals surface area contributed by atoms with Gasteiger partial charge in [-0.3, -0.25) is 5.41 Å². The first-order valence-electron chi connectivity index (χ1n) is 2.00. The van der Waals surface area contributed by atoms with Crippen molar-refractivity contribution in [2.45, 2.75) is 0 Å². The van der Waals surface area contributed by atoms with Gasteiger partial charge in [-0.1, -0.05) is 0 Å². The molecule has 8 heavy (non-hydrogen) atoms. The summed E-state index contributed by atoms with van der Waals surface area (Å²) in [6.07, 6.45) is 2.59. The molecule has 0 bridgehead atoms. The quantitative estimate of drug-likeness (QED) is 0.398. The maximum absolute atomic E-state index is 6.93. The molecule has 0 fully saturated rings. The molecule has 0 saturated carbocycles. The molecule has 0 aromatic carbocycles. The van der Waals surface area contributed by atoms with Crippen LogP contribution in [-0.4, -0.2) is 14.9 Å². The fraction of sp³-hybridized carbons (Fsp3) is 0. The maximum Gasteiger partial charge on any atom is 0.182 e. The first-order valence-corrected chi connectivity index (χ1v) is 2.00. The van der Waals surface area contributed by atoms with E-state index in [-0.39, 0.29) is 5.49 Å². The van der Waals surface area contributed by atoms with Gasteiger partial charge in [0.25, 0.3) is 0 Å². The lowest BCUT2D eigenvalue weighted by atomic mass is 10.8. The number of hydrogen-bond donors (Lipinski definition) is 2. The van der Waals surface area contributed by atoms with E-state index in [2.05, 4.69) is 10.1 Å². The predicted octanol–water partition coefficient (Wildman–Crippen LogP) is -1.53. The second-order valence-electron chi connectivity index (χ2n) is 1.24. The van der Waals surface area contributed by atoms with Crippen molar-refractivity contribution in [3.63, 3.8) is 0 Å². The average Bonchev–Trinajstić information content (AvgIpc) is 1.77. The minimum atomic E-state index is 0.0903. The first-order chi connectivity index (χ1) is 3.80. The lowest BCUT2D eigenvalue weighted by molar-refractivity contribution is 0.709. The number of nitrogen functional groups attached to an aromatic ring is 1. The van der Waals surface area contributed by atoms with Crippen LogP contribution < -0.4 is 11.3 Å². The summed E-state index contributed by atoms with van der Waals surface area (Å²) in [5, 5.41) is 10.4. The van der Waals surface area contributed by atoms with E-state index in [1.165, 1.54) is 12.5 Å². The van der Waals surface area contributed by atoms with E-state index < -0.39 is 0 Å². The Morgan fingerprint density at radius 3 is 2.88 bits per heavy atom. The van der Waals surface area contributed by atoms with Gasteiger partial charge in [0.2, 0.25) is 0 Å². The molecule has 1 heterocycles. The normalized spacial score (nSPS) is 9.00. The molecular formula is C3H5N5. The molecule has 0 saturated heterocycles. The van der Waals surface area contributed by atoms with Crippen LogP contribution in [0.5, 0.6) is 0 Å². The summed E-state index contributed by atoms with van der Waals surface area (Å²) in [5.41, 5.74) is 0.0903. The fourth-order valence-electron chi connectivity index (χ4n) is 0.311. The van der Waals surface area contributed by atoms with Gasteiger partial charge in [0.15, 0.2) is 5.49 Å². The summed E-state index contributed by atoms with van der Waals surface area (Å²) >= 11 is 0.